The molecule has 5 heteroatoms. The lowest BCUT2D eigenvalue weighted by Gasteiger charge is -2.21. The molecule has 7 aromatic carbocycles. The average Bonchev–Trinajstić information content (AvgIpc) is 3.82. The molecule has 11 rings (SSSR count). The quantitative estimate of drug-likeness (QED) is 0.170. The third kappa shape index (κ3) is 5.78. The summed E-state index contributed by atoms with van der Waals surface area (Å²) < 4.78 is 4.82. The molecule has 1 aliphatic rings. The van der Waals surface area contributed by atoms with Gasteiger partial charge < -0.3 is 4.57 Å². The van der Waals surface area contributed by atoms with Crippen LogP contribution in [0.1, 0.15) is 18.4 Å². The van der Waals surface area contributed by atoms with Crippen molar-refractivity contribution in [3.8, 4) is 51.0 Å². The van der Waals surface area contributed by atoms with E-state index in [1.54, 1.807) is 0 Å². The largest absolute Gasteiger partial charge is 0.309 e. The van der Waals surface area contributed by atoms with Gasteiger partial charge in [-0.2, -0.15) is 0 Å². The Bertz CT molecular complexity index is 3210. The van der Waals surface area contributed by atoms with Gasteiger partial charge in [0.25, 0.3) is 0 Å². The lowest BCUT2D eigenvalue weighted by atomic mass is 9.84. The van der Waals surface area contributed by atoms with Gasteiger partial charge in [0.1, 0.15) is 0 Å². The van der Waals surface area contributed by atoms with Crippen molar-refractivity contribution in [2.45, 2.75) is 12.8 Å². The third-order valence-electron chi connectivity index (χ3n) is 11.4. The number of hydrogen-bond donors (Lipinski definition) is 0. The van der Waals surface area contributed by atoms with Crippen LogP contribution in [0.4, 0.5) is 0 Å². The zero-order chi connectivity index (χ0) is 37.9. The maximum absolute atomic E-state index is 5.36. The number of nitrogens with zero attached hydrogens (tertiary/aromatic N) is 4. The molecule has 270 valence electrons. The Labute approximate surface area is 334 Å². The van der Waals surface area contributed by atoms with Crippen LogP contribution in [-0.4, -0.2) is 19.5 Å². The van der Waals surface area contributed by atoms with Gasteiger partial charge >= 0.3 is 0 Å². The van der Waals surface area contributed by atoms with Gasteiger partial charge in [-0.3, -0.25) is 0 Å². The Hall–Kier alpha value is -6.95. The predicted octanol–water partition coefficient (Wildman–Crippen LogP) is 13.9. The smallest absolute Gasteiger partial charge is 0.164 e. The van der Waals surface area contributed by atoms with E-state index >= 15 is 0 Å². The van der Waals surface area contributed by atoms with Crippen LogP contribution in [0, 0.1) is 5.92 Å². The molecule has 0 fully saturated rings. The predicted molar refractivity (Wildman–Crippen MR) is 239 cm³/mol. The normalized spacial score (nSPS) is 15.3. The molecule has 10 aromatic rings. The summed E-state index contributed by atoms with van der Waals surface area (Å²) in [5.74, 6) is 2.69. The van der Waals surface area contributed by atoms with Crippen molar-refractivity contribution in [3.05, 3.63) is 194 Å². The van der Waals surface area contributed by atoms with Crippen LogP contribution < -0.4 is 0 Å². The number of benzene rings is 7. The summed E-state index contributed by atoms with van der Waals surface area (Å²) >= 11 is 1.82. The standard InChI is InChI=1S/C52H36N4S/c1-33-14-8-9-21-40(33)36-27-29-47-44(31-36)49-43(23-13-25-48(49)57-47)52-54-50(37-18-12-17-35(30-37)34-15-4-2-5-16-34)53-51(55-52)38-26-28-42-41-22-10-11-24-45(41)56(46(42)32-38)39-19-6-3-7-20-39/h2-33,40H,1H3/t33?,40-/m0/s1. The summed E-state index contributed by atoms with van der Waals surface area (Å²) in [4.78, 5) is 15.9. The van der Waals surface area contributed by atoms with E-state index in [2.05, 4.69) is 194 Å². The van der Waals surface area contributed by atoms with Gasteiger partial charge in [0.15, 0.2) is 17.5 Å². The van der Waals surface area contributed by atoms with E-state index in [4.69, 9.17) is 15.0 Å². The molecule has 57 heavy (non-hydrogen) atoms. The zero-order valence-corrected chi connectivity index (χ0v) is 32.1. The van der Waals surface area contributed by atoms with E-state index in [1.165, 1.54) is 36.5 Å². The summed E-state index contributed by atoms with van der Waals surface area (Å²) in [6, 6.07) is 58.3. The number of allylic oxidation sites excluding steroid dienone is 4. The first kappa shape index (κ1) is 33.4. The lowest BCUT2D eigenvalue weighted by molar-refractivity contribution is 0.636. The van der Waals surface area contributed by atoms with Gasteiger partial charge in [-0.25, -0.2) is 15.0 Å². The number of thiophene rings is 1. The molecule has 4 nitrogen and oxygen atoms in total. The highest BCUT2D eigenvalue weighted by atomic mass is 32.1. The number of hydrogen-bond acceptors (Lipinski definition) is 4. The topological polar surface area (TPSA) is 43.6 Å². The number of aromatic nitrogens is 4. The SMILES string of the molecule is CC1C=CC=C[C@@H]1c1ccc2sc3cccc(-c4nc(-c5cccc(-c6ccccc6)c5)nc(-c5ccc6c7ccccc7n(-c7ccccc7)c6c5)n4)c3c2c1. The second-order valence-corrected chi connectivity index (χ2v) is 15.9. The fourth-order valence-corrected chi connectivity index (χ4v) is 9.67. The first-order chi connectivity index (χ1) is 28.2. The van der Waals surface area contributed by atoms with Gasteiger partial charge in [-0.05, 0) is 71.1 Å². The Morgan fingerprint density at radius 2 is 1.16 bits per heavy atom. The van der Waals surface area contributed by atoms with Gasteiger partial charge in [-0.1, -0.05) is 146 Å². The Morgan fingerprint density at radius 3 is 2.00 bits per heavy atom. The first-order valence-corrected chi connectivity index (χ1v) is 20.3. The number of para-hydroxylation sites is 2. The van der Waals surface area contributed by atoms with Crippen molar-refractivity contribution >= 4 is 53.3 Å². The van der Waals surface area contributed by atoms with E-state index in [0.29, 0.717) is 29.3 Å². The van der Waals surface area contributed by atoms with E-state index in [-0.39, 0.29) is 0 Å². The molecule has 0 N–H and O–H groups in total. The minimum Gasteiger partial charge on any atom is -0.309 e. The average molecular weight is 749 g/mol. The molecule has 3 aromatic heterocycles. The molecule has 0 radical (unpaired) electrons. The Kier molecular flexibility index (Phi) is 8.00. The van der Waals surface area contributed by atoms with Gasteiger partial charge in [0.05, 0.1) is 11.0 Å². The summed E-state index contributed by atoms with van der Waals surface area (Å²) in [7, 11) is 0. The molecule has 3 heterocycles. The van der Waals surface area contributed by atoms with Gasteiger partial charge in [0.2, 0.25) is 0 Å². The molecule has 1 unspecified atom stereocenters. The molecule has 1 aliphatic carbocycles. The summed E-state index contributed by atoms with van der Waals surface area (Å²) in [5, 5.41) is 4.82. The van der Waals surface area contributed by atoms with E-state index in [9.17, 15) is 0 Å². The summed E-state index contributed by atoms with van der Waals surface area (Å²) in [6.45, 7) is 2.30. The highest BCUT2D eigenvalue weighted by molar-refractivity contribution is 7.25. The van der Waals surface area contributed by atoms with Crippen LogP contribution in [0.25, 0.3) is 93.0 Å². The second-order valence-electron chi connectivity index (χ2n) is 14.9. The van der Waals surface area contributed by atoms with Crippen LogP contribution in [-0.2, 0) is 0 Å². The second kappa shape index (κ2) is 13.7. The van der Waals surface area contributed by atoms with Crippen LogP contribution in [0.3, 0.4) is 0 Å². The molecule has 0 saturated carbocycles. The minimum atomic E-state index is 0.329. The third-order valence-corrected chi connectivity index (χ3v) is 12.5. The maximum atomic E-state index is 5.36. The molecule has 0 spiro atoms. The molecular formula is C52H36N4S. The van der Waals surface area contributed by atoms with Crippen LogP contribution >= 0.6 is 11.3 Å². The van der Waals surface area contributed by atoms with Crippen molar-refractivity contribution in [2.24, 2.45) is 5.92 Å². The van der Waals surface area contributed by atoms with E-state index < -0.39 is 0 Å². The molecule has 0 amide bonds. The van der Waals surface area contributed by atoms with Crippen molar-refractivity contribution in [3.63, 3.8) is 0 Å². The van der Waals surface area contributed by atoms with Crippen molar-refractivity contribution in [1.82, 2.24) is 19.5 Å². The maximum Gasteiger partial charge on any atom is 0.164 e. The molecule has 2 atom stereocenters. The van der Waals surface area contributed by atoms with Crippen LogP contribution in [0.5, 0.6) is 0 Å². The van der Waals surface area contributed by atoms with Crippen molar-refractivity contribution < 1.29 is 0 Å². The lowest BCUT2D eigenvalue weighted by Crippen LogP contribution is -2.07. The van der Waals surface area contributed by atoms with Gasteiger partial charge in [0, 0.05) is 59.2 Å². The Morgan fingerprint density at radius 1 is 0.474 bits per heavy atom. The number of fused-ring (bicyclic) bond motifs is 6. The summed E-state index contributed by atoms with van der Waals surface area (Å²) in [5.41, 5.74) is 9.84. The van der Waals surface area contributed by atoms with Crippen LogP contribution in [0.2, 0.25) is 0 Å². The molecule has 0 bridgehead atoms. The molecule has 0 saturated heterocycles. The van der Waals surface area contributed by atoms with E-state index in [0.717, 1.165) is 44.5 Å². The molecule has 0 aliphatic heterocycles. The monoisotopic (exact) mass is 748 g/mol. The van der Waals surface area contributed by atoms with Gasteiger partial charge in [-0.15, -0.1) is 11.3 Å². The fourth-order valence-electron chi connectivity index (χ4n) is 8.56. The van der Waals surface area contributed by atoms with Crippen molar-refractivity contribution in [2.75, 3.05) is 0 Å². The number of rotatable bonds is 6. The minimum absolute atomic E-state index is 0.329. The van der Waals surface area contributed by atoms with Crippen LogP contribution in [0.15, 0.2) is 188 Å². The fraction of sp³-hybridized carbons (Fsp3) is 0.0577. The molecular weight excluding hydrogens is 713 g/mol. The highest BCUT2D eigenvalue weighted by Crippen LogP contribution is 2.43. The van der Waals surface area contributed by atoms with E-state index in [1.807, 2.05) is 17.4 Å². The highest BCUT2D eigenvalue weighted by Gasteiger charge is 2.21. The van der Waals surface area contributed by atoms with Crippen molar-refractivity contribution in [1.29, 1.82) is 0 Å². The first-order valence-electron chi connectivity index (χ1n) is 19.5. The zero-order valence-electron chi connectivity index (χ0n) is 31.2. The summed E-state index contributed by atoms with van der Waals surface area (Å²) in [6.07, 6.45) is 8.94. The Balaban J connectivity index is 1.14.